The van der Waals surface area contributed by atoms with E-state index in [-0.39, 0.29) is 6.29 Å². The van der Waals surface area contributed by atoms with Gasteiger partial charge in [-0.2, -0.15) is 0 Å². The summed E-state index contributed by atoms with van der Waals surface area (Å²) >= 11 is 0. The summed E-state index contributed by atoms with van der Waals surface area (Å²) in [6, 6.07) is 8.20. The Labute approximate surface area is 109 Å². The fraction of sp³-hybridized carbons (Fsp3) is 0.600. The first-order valence-corrected chi connectivity index (χ1v) is 6.83. The molecule has 0 N–H and O–H groups in total. The first-order chi connectivity index (χ1) is 8.88. The Bertz CT molecular complexity index is 345. The summed E-state index contributed by atoms with van der Waals surface area (Å²) in [4.78, 5) is 0. The molecule has 0 radical (unpaired) electrons. The zero-order chi connectivity index (χ0) is 12.6. The Morgan fingerprint density at radius 3 is 3.00 bits per heavy atom. The van der Waals surface area contributed by atoms with Crippen molar-refractivity contribution in [1.82, 2.24) is 0 Å². The Balaban J connectivity index is 1.65. The van der Waals surface area contributed by atoms with E-state index in [1.165, 1.54) is 12.0 Å². The van der Waals surface area contributed by atoms with Crippen LogP contribution >= 0.6 is 0 Å². The molecule has 0 saturated carbocycles. The van der Waals surface area contributed by atoms with Gasteiger partial charge in [0.1, 0.15) is 12.4 Å². The lowest BCUT2D eigenvalue weighted by Gasteiger charge is -2.22. The molecule has 0 aliphatic carbocycles. The smallest absolute Gasteiger partial charge is 0.157 e. The Morgan fingerprint density at radius 2 is 2.22 bits per heavy atom. The Hall–Kier alpha value is -1.06. The third-order valence-electron chi connectivity index (χ3n) is 3.10. The summed E-state index contributed by atoms with van der Waals surface area (Å²) in [7, 11) is 0. The molecule has 3 heteroatoms. The van der Waals surface area contributed by atoms with Crippen molar-refractivity contribution >= 4 is 0 Å². The summed E-state index contributed by atoms with van der Waals surface area (Å²) in [5.41, 5.74) is 1.30. The molecule has 0 aromatic heterocycles. The monoisotopic (exact) mass is 250 g/mol. The predicted octanol–water partition coefficient (Wildman–Crippen LogP) is 3.17. The molecule has 18 heavy (non-hydrogen) atoms. The van der Waals surface area contributed by atoms with Gasteiger partial charge in [0, 0.05) is 6.61 Å². The molecule has 0 bridgehead atoms. The van der Waals surface area contributed by atoms with Crippen molar-refractivity contribution in [3.05, 3.63) is 29.8 Å². The van der Waals surface area contributed by atoms with Crippen LogP contribution in [0.5, 0.6) is 5.75 Å². The highest BCUT2D eigenvalue weighted by atomic mass is 16.7. The molecule has 1 fully saturated rings. The van der Waals surface area contributed by atoms with E-state index in [4.69, 9.17) is 14.2 Å². The number of hydrogen-bond acceptors (Lipinski definition) is 3. The zero-order valence-electron chi connectivity index (χ0n) is 11.1. The second-order valence-electron chi connectivity index (χ2n) is 4.52. The summed E-state index contributed by atoms with van der Waals surface area (Å²) in [6.45, 7) is 4.13. The highest BCUT2D eigenvalue weighted by Gasteiger charge is 2.13. The maximum Gasteiger partial charge on any atom is 0.157 e. The van der Waals surface area contributed by atoms with Gasteiger partial charge in [-0.1, -0.05) is 19.1 Å². The number of hydrogen-bond donors (Lipinski definition) is 0. The number of rotatable bonds is 6. The fourth-order valence-electron chi connectivity index (χ4n) is 2.04. The highest BCUT2D eigenvalue weighted by Crippen LogP contribution is 2.15. The Kier molecular flexibility index (Phi) is 5.49. The molecule has 1 aliphatic heterocycles. The maximum atomic E-state index is 5.66. The average Bonchev–Trinajstić information content (AvgIpc) is 2.45. The lowest BCUT2D eigenvalue weighted by molar-refractivity contribution is -0.165. The quantitative estimate of drug-likeness (QED) is 0.726. The number of benzene rings is 1. The van der Waals surface area contributed by atoms with Crippen molar-refractivity contribution in [2.24, 2.45) is 0 Å². The van der Waals surface area contributed by atoms with Crippen LogP contribution in [0.1, 0.15) is 31.7 Å². The minimum atomic E-state index is -0.0238. The lowest BCUT2D eigenvalue weighted by Crippen LogP contribution is -2.24. The van der Waals surface area contributed by atoms with Gasteiger partial charge in [0.15, 0.2) is 6.29 Å². The first-order valence-electron chi connectivity index (χ1n) is 6.83. The molecular weight excluding hydrogens is 228 g/mol. The first kappa shape index (κ1) is 13.4. The van der Waals surface area contributed by atoms with E-state index >= 15 is 0 Å². The van der Waals surface area contributed by atoms with Crippen molar-refractivity contribution in [2.45, 2.75) is 38.9 Å². The highest BCUT2D eigenvalue weighted by molar-refractivity contribution is 5.28. The van der Waals surface area contributed by atoms with Gasteiger partial charge in [-0.3, -0.25) is 0 Å². The average molecular weight is 250 g/mol. The SMILES string of the molecule is CCc1cccc(OCCOC2CCCCO2)c1. The molecule has 0 spiro atoms. The maximum absolute atomic E-state index is 5.66. The van der Waals surface area contributed by atoms with E-state index in [2.05, 4.69) is 19.1 Å². The summed E-state index contributed by atoms with van der Waals surface area (Å²) in [5, 5.41) is 0. The third-order valence-corrected chi connectivity index (χ3v) is 3.10. The van der Waals surface area contributed by atoms with Crippen molar-refractivity contribution < 1.29 is 14.2 Å². The van der Waals surface area contributed by atoms with Gasteiger partial charge in [-0.15, -0.1) is 0 Å². The molecule has 100 valence electrons. The van der Waals surface area contributed by atoms with Crippen molar-refractivity contribution in [1.29, 1.82) is 0 Å². The molecule has 3 nitrogen and oxygen atoms in total. The van der Waals surface area contributed by atoms with Gasteiger partial charge >= 0.3 is 0 Å². The topological polar surface area (TPSA) is 27.7 Å². The second kappa shape index (κ2) is 7.39. The van der Waals surface area contributed by atoms with E-state index in [0.717, 1.165) is 31.6 Å². The van der Waals surface area contributed by atoms with Gasteiger partial charge in [-0.25, -0.2) is 0 Å². The third kappa shape index (κ3) is 4.31. The molecular formula is C15H22O3. The molecule has 1 saturated heterocycles. The molecule has 0 amide bonds. The van der Waals surface area contributed by atoms with Crippen LogP contribution in [0, 0.1) is 0 Å². The largest absolute Gasteiger partial charge is 0.491 e. The standard InChI is InChI=1S/C15H22O3/c1-2-13-6-5-7-14(12-13)16-10-11-18-15-8-3-4-9-17-15/h5-7,12,15H,2-4,8-11H2,1H3. The van der Waals surface area contributed by atoms with Crippen LogP contribution in [0.4, 0.5) is 0 Å². The van der Waals surface area contributed by atoms with Crippen molar-refractivity contribution in [3.63, 3.8) is 0 Å². The number of aryl methyl sites for hydroxylation is 1. The summed E-state index contributed by atoms with van der Waals surface area (Å²) < 4.78 is 16.8. The molecule has 1 unspecified atom stereocenters. The van der Waals surface area contributed by atoms with Crippen LogP contribution < -0.4 is 4.74 Å². The minimum Gasteiger partial charge on any atom is -0.491 e. The van der Waals surface area contributed by atoms with Gasteiger partial charge in [0.2, 0.25) is 0 Å². The van der Waals surface area contributed by atoms with Gasteiger partial charge < -0.3 is 14.2 Å². The predicted molar refractivity (Wildman–Crippen MR) is 70.9 cm³/mol. The molecule has 2 rings (SSSR count). The van der Waals surface area contributed by atoms with E-state index in [0.29, 0.717) is 13.2 Å². The van der Waals surface area contributed by atoms with Crippen LogP contribution in [0.15, 0.2) is 24.3 Å². The van der Waals surface area contributed by atoms with Gasteiger partial charge in [-0.05, 0) is 43.4 Å². The molecule has 1 atom stereocenters. The van der Waals surface area contributed by atoms with Crippen LogP contribution in [0.2, 0.25) is 0 Å². The molecule has 1 aliphatic rings. The van der Waals surface area contributed by atoms with E-state index in [1.54, 1.807) is 0 Å². The van der Waals surface area contributed by atoms with Crippen molar-refractivity contribution in [2.75, 3.05) is 19.8 Å². The Morgan fingerprint density at radius 1 is 1.28 bits per heavy atom. The molecule has 1 heterocycles. The summed E-state index contributed by atoms with van der Waals surface area (Å²) in [5.74, 6) is 0.919. The van der Waals surface area contributed by atoms with E-state index in [1.807, 2.05) is 12.1 Å². The van der Waals surface area contributed by atoms with Crippen LogP contribution in [-0.4, -0.2) is 26.1 Å². The van der Waals surface area contributed by atoms with Crippen LogP contribution in [-0.2, 0) is 15.9 Å². The van der Waals surface area contributed by atoms with Gasteiger partial charge in [0.25, 0.3) is 0 Å². The van der Waals surface area contributed by atoms with Gasteiger partial charge in [0.05, 0.1) is 6.61 Å². The van der Waals surface area contributed by atoms with Crippen LogP contribution in [0.3, 0.4) is 0 Å². The van der Waals surface area contributed by atoms with Crippen molar-refractivity contribution in [3.8, 4) is 5.75 Å². The lowest BCUT2D eigenvalue weighted by atomic mass is 10.2. The molecule has 1 aromatic rings. The fourth-order valence-corrected chi connectivity index (χ4v) is 2.04. The minimum absolute atomic E-state index is 0.0238. The van der Waals surface area contributed by atoms with Crippen LogP contribution in [0.25, 0.3) is 0 Å². The molecule has 1 aromatic carbocycles. The number of ether oxygens (including phenoxy) is 3. The normalized spacial score (nSPS) is 19.7. The van der Waals surface area contributed by atoms with E-state index < -0.39 is 0 Å². The zero-order valence-corrected chi connectivity index (χ0v) is 11.1. The summed E-state index contributed by atoms with van der Waals surface area (Å²) in [6.07, 6.45) is 4.36. The van der Waals surface area contributed by atoms with E-state index in [9.17, 15) is 0 Å². The second-order valence-corrected chi connectivity index (χ2v) is 4.52.